The molecule has 0 aliphatic rings. The molecule has 0 amide bonds. The quantitative estimate of drug-likeness (QED) is 0.420. The number of rotatable bonds is 8. The summed E-state index contributed by atoms with van der Waals surface area (Å²) in [5.74, 6) is -0.508. The van der Waals surface area contributed by atoms with Gasteiger partial charge in [0.15, 0.2) is 0 Å². The molecule has 0 N–H and O–H groups in total. The molecule has 1 heterocycles. The van der Waals surface area contributed by atoms with Crippen molar-refractivity contribution in [2.24, 2.45) is 0 Å². The maximum atomic E-state index is 11.6. The van der Waals surface area contributed by atoms with E-state index in [4.69, 9.17) is 37.4 Å². The summed E-state index contributed by atoms with van der Waals surface area (Å²) in [4.78, 5) is 15.4. The first-order chi connectivity index (χ1) is 9.15. The molecule has 0 aliphatic heterocycles. The zero-order chi connectivity index (χ0) is 14.1. The summed E-state index contributed by atoms with van der Waals surface area (Å²) in [6.07, 6.45) is 2.12. The lowest BCUT2D eigenvalue weighted by Gasteiger charge is -2.06. The zero-order valence-corrected chi connectivity index (χ0v) is 12.0. The first kappa shape index (κ1) is 16.2. The average Bonchev–Trinajstić information content (AvgIpc) is 2.40. The highest BCUT2D eigenvalue weighted by atomic mass is 35.5. The second-order valence-electron chi connectivity index (χ2n) is 3.59. The number of hydrogen-bond acceptors (Lipinski definition) is 5. The number of pyridine rings is 1. The summed E-state index contributed by atoms with van der Waals surface area (Å²) >= 11 is 11.4. The Morgan fingerprint density at radius 1 is 1.26 bits per heavy atom. The minimum absolute atomic E-state index is 0.152. The molecule has 0 saturated carbocycles. The summed E-state index contributed by atoms with van der Waals surface area (Å²) < 4.78 is 15.1. The molecule has 0 spiro atoms. The van der Waals surface area contributed by atoms with Crippen molar-refractivity contribution >= 4 is 29.2 Å². The predicted molar refractivity (Wildman–Crippen MR) is 71.9 cm³/mol. The monoisotopic (exact) mass is 307 g/mol. The fraction of sp³-hybridized carbons (Fsp3) is 0.500. The number of carbonyl (C=O) groups excluding carboxylic acids is 1. The Balaban J connectivity index is 2.22. The number of methoxy groups -OCH3 is 1. The van der Waals surface area contributed by atoms with Crippen molar-refractivity contribution < 1.29 is 19.0 Å². The van der Waals surface area contributed by atoms with Crippen molar-refractivity contribution in [1.82, 2.24) is 4.98 Å². The first-order valence-electron chi connectivity index (χ1n) is 5.70. The van der Waals surface area contributed by atoms with Gasteiger partial charge in [0.2, 0.25) is 0 Å². The van der Waals surface area contributed by atoms with Crippen molar-refractivity contribution in [3.05, 3.63) is 28.0 Å². The zero-order valence-electron chi connectivity index (χ0n) is 10.5. The summed E-state index contributed by atoms with van der Waals surface area (Å²) in [6, 6.07) is 1.42. The van der Waals surface area contributed by atoms with Crippen LogP contribution in [0.15, 0.2) is 12.3 Å². The Hall–Kier alpha value is -0.880. The van der Waals surface area contributed by atoms with Gasteiger partial charge >= 0.3 is 5.97 Å². The van der Waals surface area contributed by atoms with Gasteiger partial charge in [-0.3, -0.25) is 0 Å². The van der Waals surface area contributed by atoms with Crippen molar-refractivity contribution in [2.75, 3.05) is 33.5 Å². The number of halogens is 2. The molecule has 7 heteroatoms. The molecule has 19 heavy (non-hydrogen) atoms. The fourth-order valence-electron chi connectivity index (χ4n) is 1.22. The van der Waals surface area contributed by atoms with Crippen LogP contribution in [0, 0.1) is 0 Å². The van der Waals surface area contributed by atoms with Gasteiger partial charge in [0.1, 0.15) is 11.8 Å². The van der Waals surface area contributed by atoms with Crippen LogP contribution in [0.2, 0.25) is 10.2 Å². The third-order valence-corrected chi connectivity index (χ3v) is 2.82. The average molecular weight is 308 g/mol. The molecule has 1 aromatic heterocycles. The van der Waals surface area contributed by atoms with Gasteiger partial charge < -0.3 is 14.2 Å². The maximum absolute atomic E-state index is 11.6. The summed E-state index contributed by atoms with van der Waals surface area (Å²) in [5.41, 5.74) is 0.258. The van der Waals surface area contributed by atoms with Gasteiger partial charge in [0.05, 0.1) is 17.2 Å². The Labute approximate surface area is 121 Å². The van der Waals surface area contributed by atoms with Gasteiger partial charge in [-0.05, 0) is 12.5 Å². The van der Waals surface area contributed by atoms with Crippen molar-refractivity contribution in [1.29, 1.82) is 0 Å². The van der Waals surface area contributed by atoms with E-state index in [0.717, 1.165) is 6.42 Å². The van der Waals surface area contributed by atoms with Gasteiger partial charge in [-0.15, -0.1) is 0 Å². The van der Waals surface area contributed by atoms with Crippen LogP contribution in [0.3, 0.4) is 0 Å². The minimum Gasteiger partial charge on any atom is -0.460 e. The van der Waals surface area contributed by atoms with Gasteiger partial charge in [-0.1, -0.05) is 23.2 Å². The van der Waals surface area contributed by atoms with Crippen LogP contribution < -0.4 is 0 Å². The smallest absolute Gasteiger partial charge is 0.339 e. The number of hydrogen-bond donors (Lipinski definition) is 0. The number of nitrogens with zero attached hydrogens (tertiary/aromatic N) is 1. The third kappa shape index (κ3) is 6.20. The van der Waals surface area contributed by atoms with E-state index >= 15 is 0 Å². The Morgan fingerprint density at radius 2 is 2.05 bits per heavy atom. The Kier molecular flexibility index (Phi) is 7.74. The van der Waals surface area contributed by atoms with Crippen molar-refractivity contribution in [3.8, 4) is 0 Å². The molecule has 106 valence electrons. The molecule has 0 radical (unpaired) electrons. The largest absolute Gasteiger partial charge is 0.460 e. The molecule has 1 aromatic rings. The maximum Gasteiger partial charge on any atom is 0.339 e. The molecule has 0 saturated heterocycles. The fourth-order valence-corrected chi connectivity index (χ4v) is 1.49. The van der Waals surface area contributed by atoms with E-state index in [2.05, 4.69) is 4.98 Å². The highest BCUT2D eigenvalue weighted by Gasteiger charge is 2.10. The molecule has 0 atom stereocenters. The van der Waals surface area contributed by atoms with Crippen LogP contribution in [0.1, 0.15) is 16.8 Å². The topological polar surface area (TPSA) is 57.7 Å². The number of esters is 1. The van der Waals surface area contributed by atoms with Crippen molar-refractivity contribution in [3.63, 3.8) is 0 Å². The van der Waals surface area contributed by atoms with Crippen LogP contribution in [0.25, 0.3) is 0 Å². The standard InChI is InChI=1S/C12H15Cl2NO4/c1-17-3-2-4-18-5-6-19-12(16)9-7-10(13)11(14)15-8-9/h7-8H,2-6H2,1H3. The Morgan fingerprint density at radius 3 is 2.74 bits per heavy atom. The van der Waals surface area contributed by atoms with Gasteiger partial charge in [0, 0.05) is 26.5 Å². The highest BCUT2D eigenvalue weighted by Crippen LogP contribution is 2.19. The second kappa shape index (κ2) is 9.09. The predicted octanol–water partition coefficient (Wildman–Crippen LogP) is 2.60. The van der Waals surface area contributed by atoms with Crippen LogP contribution in [0.4, 0.5) is 0 Å². The first-order valence-corrected chi connectivity index (χ1v) is 6.45. The van der Waals surface area contributed by atoms with E-state index in [-0.39, 0.29) is 22.3 Å². The van der Waals surface area contributed by atoms with E-state index in [1.54, 1.807) is 7.11 Å². The van der Waals surface area contributed by atoms with E-state index in [1.807, 2.05) is 0 Å². The van der Waals surface area contributed by atoms with Crippen molar-refractivity contribution in [2.45, 2.75) is 6.42 Å². The summed E-state index contributed by atoms with van der Waals surface area (Å²) in [6.45, 7) is 1.73. The SMILES string of the molecule is COCCCOCCOC(=O)c1cnc(Cl)c(Cl)c1. The lowest BCUT2D eigenvalue weighted by Crippen LogP contribution is -2.12. The molecule has 1 rings (SSSR count). The van der Waals surface area contributed by atoms with Gasteiger partial charge in [-0.2, -0.15) is 0 Å². The molecule has 5 nitrogen and oxygen atoms in total. The van der Waals surface area contributed by atoms with Crippen LogP contribution in [0.5, 0.6) is 0 Å². The Bertz CT molecular complexity index is 415. The van der Waals surface area contributed by atoms with E-state index < -0.39 is 5.97 Å². The lowest BCUT2D eigenvalue weighted by atomic mass is 10.3. The molecule has 0 bridgehead atoms. The molecular weight excluding hydrogens is 293 g/mol. The van der Waals surface area contributed by atoms with Gasteiger partial charge in [-0.25, -0.2) is 9.78 Å². The molecule has 0 fully saturated rings. The summed E-state index contributed by atoms with van der Waals surface area (Å²) in [7, 11) is 1.63. The molecule has 0 aliphatic carbocycles. The highest BCUT2D eigenvalue weighted by molar-refractivity contribution is 6.41. The molecule has 0 unspecified atom stereocenters. The van der Waals surface area contributed by atoms with Gasteiger partial charge in [0.25, 0.3) is 0 Å². The van der Waals surface area contributed by atoms with E-state index in [9.17, 15) is 4.79 Å². The third-order valence-electron chi connectivity index (χ3n) is 2.13. The number of carbonyl (C=O) groups is 1. The molecular formula is C12H15Cl2NO4. The summed E-state index contributed by atoms with van der Waals surface area (Å²) in [5, 5.41) is 0.367. The number of ether oxygens (including phenoxy) is 3. The lowest BCUT2D eigenvalue weighted by molar-refractivity contribution is 0.0288. The van der Waals surface area contributed by atoms with Crippen LogP contribution in [-0.4, -0.2) is 44.5 Å². The van der Waals surface area contributed by atoms with Crippen LogP contribution in [-0.2, 0) is 14.2 Å². The van der Waals surface area contributed by atoms with E-state index in [0.29, 0.717) is 19.8 Å². The van der Waals surface area contributed by atoms with E-state index in [1.165, 1.54) is 12.3 Å². The van der Waals surface area contributed by atoms with Crippen LogP contribution >= 0.6 is 23.2 Å². The normalized spacial score (nSPS) is 10.5. The minimum atomic E-state index is -0.508. The molecule has 0 aromatic carbocycles. The second-order valence-corrected chi connectivity index (χ2v) is 4.36. The number of aromatic nitrogens is 1.